The number of ether oxygens (including phenoxy) is 4. The Morgan fingerprint density at radius 1 is 0.917 bits per heavy atom. The fourth-order valence-electron chi connectivity index (χ4n) is 3.36. The van der Waals surface area contributed by atoms with Gasteiger partial charge in [-0.25, -0.2) is 0 Å². The van der Waals surface area contributed by atoms with Crippen LogP contribution in [0, 0.1) is 0 Å². The van der Waals surface area contributed by atoms with Crippen molar-refractivity contribution in [1.29, 1.82) is 0 Å². The van der Waals surface area contributed by atoms with Crippen LogP contribution in [-0.4, -0.2) is 28.4 Å². The second-order valence-corrected chi connectivity index (χ2v) is 5.78. The fourth-order valence-corrected chi connectivity index (χ4v) is 3.36. The van der Waals surface area contributed by atoms with Crippen molar-refractivity contribution in [3.05, 3.63) is 35.4 Å². The van der Waals surface area contributed by atoms with E-state index in [0.29, 0.717) is 17.2 Å². The molecule has 1 atom stereocenters. The summed E-state index contributed by atoms with van der Waals surface area (Å²) < 4.78 is 22.1. The first kappa shape index (κ1) is 16.5. The molecule has 128 valence electrons. The van der Waals surface area contributed by atoms with E-state index in [0.717, 1.165) is 35.3 Å². The number of aryl methyl sites for hydroxylation is 1. The molecule has 3 rings (SSSR count). The minimum absolute atomic E-state index is 0.105. The average Bonchev–Trinajstić information content (AvgIpc) is 2.76. The molecule has 0 saturated heterocycles. The molecular weight excluding hydrogens is 306 g/mol. The van der Waals surface area contributed by atoms with Crippen molar-refractivity contribution >= 4 is 0 Å². The number of methoxy groups -OCH3 is 4. The summed E-state index contributed by atoms with van der Waals surface area (Å²) in [6.45, 7) is 0. The smallest absolute Gasteiger partial charge is 0.203 e. The SMILES string of the molecule is COc1ccc2c(c1)CC[C@H](N)c1cc(OC)c(OC)c(OC)c1-2. The normalized spacial score (nSPS) is 15.8. The number of hydrogen-bond donors (Lipinski definition) is 1. The van der Waals surface area contributed by atoms with Gasteiger partial charge in [0.25, 0.3) is 0 Å². The van der Waals surface area contributed by atoms with Crippen molar-refractivity contribution in [3.63, 3.8) is 0 Å². The van der Waals surface area contributed by atoms with Gasteiger partial charge >= 0.3 is 0 Å². The highest BCUT2D eigenvalue weighted by Crippen LogP contribution is 2.51. The third-order valence-electron chi connectivity index (χ3n) is 4.57. The number of rotatable bonds is 4. The molecule has 0 bridgehead atoms. The highest BCUT2D eigenvalue weighted by atomic mass is 16.5. The Hall–Kier alpha value is -2.40. The lowest BCUT2D eigenvalue weighted by molar-refractivity contribution is 0.324. The summed E-state index contributed by atoms with van der Waals surface area (Å²) in [5.74, 6) is 2.69. The Kier molecular flexibility index (Phi) is 4.53. The molecule has 0 spiro atoms. The molecule has 5 nitrogen and oxygen atoms in total. The third kappa shape index (κ3) is 2.55. The Morgan fingerprint density at radius 2 is 1.67 bits per heavy atom. The molecule has 0 amide bonds. The Bertz CT molecular complexity index is 758. The number of benzene rings is 2. The average molecular weight is 329 g/mol. The summed E-state index contributed by atoms with van der Waals surface area (Å²) in [6.07, 6.45) is 1.71. The molecule has 1 aliphatic carbocycles. The minimum Gasteiger partial charge on any atom is -0.497 e. The standard InChI is InChI=1S/C19H23NO4/c1-21-12-6-7-13-11(9-12)5-8-15(20)14-10-16(22-2)18(23-3)19(24-4)17(13)14/h6-7,9-10,15H,5,8,20H2,1-4H3/t15-/m0/s1. The lowest BCUT2D eigenvalue weighted by atomic mass is 9.93. The second kappa shape index (κ2) is 6.61. The highest BCUT2D eigenvalue weighted by molar-refractivity contribution is 5.83. The van der Waals surface area contributed by atoms with Crippen molar-refractivity contribution < 1.29 is 18.9 Å². The van der Waals surface area contributed by atoms with Crippen LogP contribution in [0.15, 0.2) is 24.3 Å². The first-order chi connectivity index (χ1) is 11.6. The van der Waals surface area contributed by atoms with E-state index in [9.17, 15) is 0 Å². The molecular formula is C19H23NO4. The summed E-state index contributed by atoms with van der Waals surface area (Å²) in [5.41, 5.74) is 10.7. The van der Waals surface area contributed by atoms with Crippen LogP contribution in [0.25, 0.3) is 11.1 Å². The van der Waals surface area contributed by atoms with Crippen LogP contribution in [-0.2, 0) is 6.42 Å². The van der Waals surface area contributed by atoms with Crippen LogP contribution >= 0.6 is 0 Å². The summed E-state index contributed by atoms with van der Waals surface area (Å²) in [6, 6.07) is 7.93. The van der Waals surface area contributed by atoms with Crippen LogP contribution in [0.4, 0.5) is 0 Å². The maximum atomic E-state index is 6.45. The van der Waals surface area contributed by atoms with Gasteiger partial charge in [0.05, 0.1) is 28.4 Å². The molecule has 5 heteroatoms. The molecule has 0 heterocycles. The van der Waals surface area contributed by atoms with E-state index in [4.69, 9.17) is 24.7 Å². The van der Waals surface area contributed by atoms with E-state index in [1.54, 1.807) is 28.4 Å². The van der Waals surface area contributed by atoms with Crippen molar-refractivity contribution in [3.8, 4) is 34.1 Å². The predicted molar refractivity (Wildman–Crippen MR) is 93.3 cm³/mol. The number of nitrogens with two attached hydrogens (primary N) is 1. The largest absolute Gasteiger partial charge is 0.497 e. The van der Waals surface area contributed by atoms with E-state index >= 15 is 0 Å². The van der Waals surface area contributed by atoms with E-state index in [-0.39, 0.29) is 6.04 Å². The molecule has 0 unspecified atom stereocenters. The molecule has 0 radical (unpaired) electrons. The first-order valence-corrected chi connectivity index (χ1v) is 7.90. The highest BCUT2D eigenvalue weighted by Gasteiger charge is 2.28. The zero-order valence-corrected chi connectivity index (χ0v) is 14.5. The molecule has 0 fully saturated rings. The zero-order chi connectivity index (χ0) is 17.3. The predicted octanol–water partition coefficient (Wildman–Crippen LogP) is 3.33. The van der Waals surface area contributed by atoms with Gasteiger partial charge in [-0.3, -0.25) is 0 Å². The summed E-state index contributed by atoms with van der Waals surface area (Å²) in [5, 5.41) is 0. The summed E-state index contributed by atoms with van der Waals surface area (Å²) in [7, 11) is 6.53. The fraction of sp³-hybridized carbons (Fsp3) is 0.368. The Labute approximate surface area is 142 Å². The molecule has 2 aromatic rings. The van der Waals surface area contributed by atoms with Gasteiger partial charge in [-0.2, -0.15) is 0 Å². The summed E-state index contributed by atoms with van der Waals surface area (Å²) in [4.78, 5) is 0. The molecule has 1 aliphatic rings. The lowest BCUT2D eigenvalue weighted by Gasteiger charge is -2.21. The minimum atomic E-state index is -0.105. The third-order valence-corrected chi connectivity index (χ3v) is 4.57. The van der Waals surface area contributed by atoms with Crippen LogP contribution < -0.4 is 24.7 Å². The van der Waals surface area contributed by atoms with E-state index in [1.165, 1.54) is 5.56 Å². The molecule has 2 N–H and O–H groups in total. The summed E-state index contributed by atoms with van der Waals surface area (Å²) >= 11 is 0. The van der Waals surface area contributed by atoms with Gasteiger partial charge < -0.3 is 24.7 Å². The van der Waals surface area contributed by atoms with Gasteiger partial charge in [0, 0.05) is 11.6 Å². The van der Waals surface area contributed by atoms with Gasteiger partial charge in [-0.05, 0) is 47.7 Å². The number of fused-ring (bicyclic) bond motifs is 3. The zero-order valence-electron chi connectivity index (χ0n) is 14.5. The molecule has 0 aliphatic heterocycles. The van der Waals surface area contributed by atoms with E-state index < -0.39 is 0 Å². The first-order valence-electron chi connectivity index (χ1n) is 7.90. The van der Waals surface area contributed by atoms with Crippen LogP contribution in [0.5, 0.6) is 23.0 Å². The lowest BCUT2D eigenvalue weighted by Crippen LogP contribution is -2.12. The molecule has 2 aromatic carbocycles. The van der Waals surface area contributed by atoms with Gasteiger partial charge in [-0.1, -0.05) is 6.07 Å². The Morgan fingerprint density at radius 3 is 2.29 bits per heavy atom. The van der Waals surface area contributed by atoms with Crippen LogP contribution in [0.1, 0.15) is 23.6 Å². The van der Waals surface area contributed by atoms with Crippen molar-refractivity contribution in [2.24, 2.45) is 5.73 Å². The Balaban J connectivity index is 2.35. The maximum Gasteiger partial charge on any atom is 0.203 e. The quantitative estimate of drug-likeness (QED) is 0.932. The molecule has 0 aromatic heterocycles. The van der Waals surface area contributed by atoms with Crippen molar-refractivity contribution in [2.45, 2.75) is 18.9 Å². The van der Waals surface area contributed by atoms with Gasteiger partial charge in [0.15, 0.2) is 11.5 Å². The van der Waals surface area contributed by atoms with Crippen LogP contribution in [0.2, 0.25) is 0 Å². The van der Waals surface area contributed by atoms with Gasteiger partial charge in [0.2, 0.25) is 5.75 Å². The second-order valence-electron chi connectivity index (χ2n) is 5.78. The van der Waals surface area contributed by atoms with E-state index in [2.05, 4.69) is 12.1 Å². The molecule has 24 heavy (non-hydrogen) atoms. The van der Waals surface area contributed by atoms with E-state index in [1.807, 2.05) is 12.1 Å². The molecule has 0 saturated carbocycles. The topological polar surface area (TPSA) is 62.9 Å². The van der Waals surface area contributed by atoms with Gasteiger partial charge in [-0.15, -0.1) is 0 Å². The monoisotopic (exact) mass is 329 g/mol. The maximum absolute atomic E-state index is 6.45. The number of hydrogen-bond acceptors (Lipinski definition) is 5. The van der Waals surface area contributed by atoms with Crippen molar-refractivity contribution in [1.82, 2.24) is 0 Å². The van der Waals surface area contributed by atoms with Crippen LogP contribution in [0.3, 0.4) is 0 Å². The van der Waals surface area contributed by atoms with Gasteiger partial charge in [0.1, 0.15) is 5.75 Å². The van der Waals surface area contributed by atoms with Crippen molar-refractivity contribution in [2.75, 3.05) is 28.4 Å².